The summed E-state index contributed by atoms with van der Waals surface area (Å²) in [6, 6.07) is 17.5. The van der Waals surface area contributed by atoms with E-state index in [9.17, 15) is 0 Å². The zero-order chi connectivity index (χ0) is 17.1. The van der Waals surface area contributed by atoms with Crippen LogP contribution in [0.5, 0.6) is 0 Å². The Balaban J connectivity index is 1.87. The van der Waals surface area contributed by atoms with Crippen molar-refractivity contribution in [3.8, 4) is 11.1 Å². The number of rotatable bonds is 5. The van der Waals surface area contributed by atoms with E-state index < -0.39 is 0 Å². The van der Waals surface area contributed by atoms with Crippen molar-refractivity contribution in [2.45, 2.75) is 43.9 Å². The van der Waals surface area contributed by atoms with Crippen molar-refractivity contribution in [2.75, 3.05) is 6.61 Å². The molecule has 0 aliphatic carbocycles. The van der Waals surface area contributed by atoms with Crippen LogP contribution < -0.4 is 0 Å². The maximum absolute atomic E-state index is 5.83. The quantitative estimate of drug-likeness (QED) is 0.656. The second-order valence-electron chi connectivity index (χ2n) is 6.83. The highest BCUT2D eigenvalue weighted by molar-refractivity contribution is 7.99. The molecular formula is C21H25NOS. The fourth-order valence-electron chi connectivity index (χ4n) is 2.74. The van der Waals surface area contributed by atoms with Gasteiger partial charge in [-0.05, 0) is 41.3 Å². The molecule has 2 aromatic carbocycles. The Morgan fingerprint density at radius 3 is 2.29 bits per heavy atom. The molecule has 0 N–H and O–H groups in total. The third kappa shape index (κ3) is 4.02. The van der Waals surface area contributed by atoms with Crippen LogP contribution in [-0.2, 0) is 4.74 Å². The molecule has 3 rings (SSSR count). The minimum atomic E-state index is 0.273. The van der Waals surface area contributed by atoms with Crippen molar-refractivity contribution < 1.29 is 4.74 Å². The van der Waals surface area contributed by atoms with Crippen molar-refractivity contribution in [3.63, 3.8) is 0 Å². The largest absolute Gasteiger partial charge is 0.475 e. The molecule has 0 radical (unpaired) electrons. The van der Waals surface area contributed by atoms with Gasteiger partial charge in [-0.2, -0.15) is 0 Å². The standard InChI is InChI=1S/C21H25NOS/c1-14(2)20-13-23-21(22-20)18-9-5-7-16(11-18)17-8-6-10-19(12-17)24-15(3)4/h5-12,14-15,20H,13H2,1-4H3/t20-/m1/s1. The molecular weight excluding hydrogens is 314 g/mol. The van der Waals surface area contributed by atoms with Gasteiger partial charge in [0.2, 0.25) is 5.90 Å². The maximum atomic E-state index is 5.83. The molecule has 3 heteroatoms. The van der Waals surface area contributed by atoms with Gasteiger partial charge in [0.25, 0.3) is 0 Å². The van der Waals surface area contributed by atoms with Crippen molar-refractivity contribution in [2.24, 2.45) is 10.9 Å². The summed E-state index contributed by atoms with van der Waals surface area (Å²) in [7, 11) is 0. The number of nitrogens with zero attached hydrogens (tertiary/aromatic N) is 1. The summed E-state index contributed by atoms with van der Waals surface area (Å²) in [6.45, 7) is 9.51. The average Bonchev–Trinajstić information content (AvgIpc) is 3.05. The second kappa shape index (κ2) is 7.43. The van der Waals surface area contributed by atoms with Gasteiger partial charge in [0.15, 0.2) is 0 Å². The average molecular weight is 340 g/mol. The molecule has 0 aromatic heterocycles. The molecule has 0 amide bonds. The molecule has 24 heavy (non-hydrogen) atoms. The zero-order valence-electron chi connectivity index (χ0n) is 14.8. The molecule has 2 nitrogen and oxygen atoms in total. The van der Waals surface area contributed by atoms with Crippen LogP contribution in [0.2, 0.25) is 0 Å². The summed E-state index contributed by atoms with van der Waals surface area (Å²) in [5, 5.41) is 0.584. The van der Waals surface area contributed by atoms with Crippen LogP contribution in [-0.4, -0.2) is 23.8 Å². The van der Waals surface area contributed by atoms with Gasteiger partial charge in [0.1, 0.15) is 6.61 Å². The third-order valence-electron chi connectivity index (χ3n) is 4.09. The van der Waals surface area contributed by atoms with Crippen LogP contribution in [0.4, 0.5) is 0 Å². The lowest BCUT2D eigenvalue weighted by Crippen LogP contribution is -2.13. The van der Waals surface area contributed by atoms with Crippen LogP contribution >= 0.6 is 11.8 Å². The summed E-state index contributed by atoms with van der Waals surface area (Å²) >= 11 is 1.89. The Morgan fingerprint density at radius 2 is 1.62 bits per heavy atom. The molecule has 0 bridgehead atoms. The minimum absolute atomic E-state index is 0.273. The van der Waals surface area contributed by atoms with E-state index in [0.29, 0.717) is 17.8 Å². The van der Waals surface area contributed by atoms with Crippen molar-refractivity contribution >= 4 is 17.7 Å². The first kappa shape index (κ1) is 17.1. The van der Waals surface area contributed by atoms with Gasteiger partial charge in [-0.3, -0.25) is 0 Å². The fourth-order valence-corrected chi connectivity index (χ4v) is 3.64. The van der Waals surface area contributed by atoms with Crippen LogP contribution in [0, 0.1) is 5.92 Å². The molecule has 0 saturated carbocycles. The Morgan fingerprint density at radius 1 is 0.958 bits per heavy atom. The number of aliphatic imine (C=N–C) groups is 1. The number of hydrogen-bond donors (Lipinski definition) is 0. The molecule has 126 valence electrons. The van der Waals surface area contributed by atoms with Gasteiger partial charge >= 0.3 is 0 Å². The van der Waals surface area contributed by atoms with E-state index in [1.165, 1.54) is 16.0 Å². The molecule has 0 spiro atoms. The lowest BCUT2D eigenvalue weighted by Gasteiger charge is -2.09. The first-order chi connectivity index (χ1) is 11.5. The van der Waals surface area contributed by atoms with Gasteiger partial charge in [0.05, 0.1) is 6.04 Å². The SMILES string of the molecule is CC(C)Sc1cccc(-c2cccc(C3=N[C@@H](C(C)C)CO3)c2)c1. The first-order valence-electron chi connectivity index (χ1n) is 8.61. The predicted octanol–water partition coefficient (Wildman–Crippen LogP) is 5.66. The maximum Gasteiger partial charge on any atom is 0.216 e. The molecule has 2 aromatic rings. The topological polar surface area (TPSA) is 21.6 Å². The lowest BCUT2D eigenvalue weighted by molar-refractivity contribution is 0.292. The first-order valence-corrected chi connectivity index (χ1v) is 9.49. The minimum Gasteiger partial charge on any atom is -0.475 e. The van der Waals surface area contributed by atoms with E-state index in [0.717, 1.165) is 11.5 Å². The van der Waals surface area contributed by atoms with E-state index in [1.54, 1.807) is 0 Å². The summed E-state index contributed by atoms with van der Waals surface area (Å²) in [6.07, 6.45) is 0. The van der Waals surface area contributed by atoms with Crippen LogP contribution in [0.1, 0.15) is 33.3 Å². The van der Waals surface area contributed by atoms with Crippen molar-refractivity contribution in [1.82, 2.24) is 0 Å². The van der Waals surface area contributed by atoms with E-state index >= 15 is 0 Å². The monoisotopic (exact) mass is 339 g/mol. The fraction of sp³-hybridized carbons (Fsp3) is 0.381. The molecule has 0 unspecified atom stereocenters. The van der Waals surface area contributed by atoms with Crippen LogP contribution in [0.3, 0.4) is 0 Å². The van der Waals surface area contributed by atoms with E-state index in [-0.39, 0.29) is 6.04 Å². The molecule has 1 heterocycles. The third-order valence-corrected chi connectivity index (χ3v) is 5.09. The molecule has 0 fully saturated rings. The Hall–Kier alpha value is -1.74. The Bertz CT molecular complexity index is 736. The summed E-state index contributed by atoms with van der Waals surface area (Å²) < 4.78 is 5.83. The lowest BCUT2D eigenvalue weighted by atomic mass is 10.0. The molecule has 1 atom stereocenters. The summed E-state index contributed by atoms with van der Waals surface area (Å²) in [5.74, 6) is 1.29. The van der Waals surface area contributed by atoms with Gasteiger partial charge in [0, 0.05) is 15.7 Å². The highest BCUT2D eigenvalue weighted by Crippen LogP contribution is 2.29. The number of benzene rings is 2. The van der Waals surface area contributed by atoms with Gasteiger partial charge < -0.3 is 4.74 Å². The highest BCUT2D eigenvalue weighted by Gasteiger charge is 2.22. The van der Waals surface area contributed by atoms with Crippen molar-refractivity contribution in [3.05, 3.63) is 54.1 Å². The van der Waals surface area contributed by atoms with E-state index in [4.69, 9.17) is 9.73 Å². The smallest absolute Gasteiger partial charge is 0.216 e. The van der Waals surface area contributed by atoms with Crippen LogP contribution in [0.15, 0.2) is 58.4 Å². The highest BCUT2D eigenvalue weighted by atomic mass is 32.2. The molecule has 1 aliphatic rings. The summed E-state index contributed by atoms with van der Waals surface area (Å²) in [4.78, 5) is 6.05. The number of thioether (sulfide) groups is 1. The zero-order valence-corrected chi connectivity index (χ0v) is 15.6. The Labute approximate surface area is 149 Å². The van der Waals surface area contributed by atoms with E-state index in [2.05, 4.69) is 76.2 Å². The summed E-state index contributed by atoms with van der Waals surface area (Å²) in [5.41, 5.74) is 3.51. The van der Waals surface area contributed by atoms with Gasteiger partial charge in [-0.1, -0.05) is 52.0 Å². The van der Waals surface area contributed by atoms with Crippen LogP contribution in [0.25, 0.3) is 11.1 Å². The second-order valence-corrected chi connectivity index (χ2v) is 8.48. The predicted molar refractivity (Wildman–Crippen MR) is 104 cm³/mol. The van der Waals surface area contributed by atoms with Crippen molar-refractivity contribution in [1.29, 1.82) is 0 Å². The van der Waals surface area contributed by atoms with Gasteiger partial charge in [-0.25, -0.2) is 4.99 Å². The number of hydrogen-bond acceptors (Lipinski definition) is 3. The molecule has 1 aliphatic heterocycles. The normalized spacial score (nSPS) is 17.2. The Kier molecular flexibility index (Phi) is 5.30. The molecule has 0 saturated heterocycles. The van der Waals surface area contributed by atoms with Gasteiger partial charge in [-0.15, -0.1) is 11.8 Å². The number of ether oxygens (including phenoxy) is 1. The van der Waals surface area contributed by atoms with E-state index in [1.807, 2.05) is 11.8 Å².